The van der Waals surface area contributed by atoms with Crippen molar-refractivity contribution in [2.24, 2.45) is 0 Å². The molecule has 0 fully saturated rings. The maximum absolute atomic E-state index is 13.2. The fourth-order valence-electron chi connectivity index (χ4n) is 3.40. The quantitative estimate of drug-likeness (QED) is 0.0859. The SMILES string of the molecule is C.C.C.C.C=C(C)C(=O)OCC(O)COC(=O)Cc1ccc(O)c(C(=O)c2cc(CC(=O)OCC(O)COC(=O)C(=C)C)ccc2O)c1. The van der Waals surface area contributed by atoms with Gasteiger partial charge in [-0.1, -0.05) is 55.0 Å². The molecule has 2 aromatic carbocycles. The monoisotopic (exact) mass is 678 g/mol. The highest BCUT2D eigenvalue weighted by Gasteiger charge is 2.21. The number of aromatic hydroxyl groups is 2. The van der Waals surface area contributed by atoms with E-state index in [9.17, 15) is 44.4 Å². The Bertz CT molecular complexity index is 1320. The zero-order valence-electron chi connectivity index (χ0n) is 24.2. The Balaban J connectivity index is -0.00000506. The molecular weight excluding hydrogens is 628 g/mol. The van der Waals surface area contributed by atoms with Crippen molar-refractivity contribution in [3.8, 4) is 11.5 Å². The van der Waals surface area contributed by atoms with Crippen LogP contribution in [0.1, 0.15) is 70.6 Å². The Hall–Kier alpha value is -5.01. The van der Waals surface area contributed by atoms with E-state index in [0.717, 1.165) is 0 Å². The van der Waals surface area contributed by atoms with Gasteiger partial charge in [-0.2, -0.15) is 0 Å². The number of esters is 4. The minimum Gasteiger partial charge on any atom is -0.507 e. The molecule has 13 nitrogen and oxygen atoms in total. The van der Waals surface area contributed by atoms with Gasteiger partial charge in [0.05, 0.1) is 24.0 Å². The molecule has 0 amide bonds. The van der Waals surface area contributed by atoms with Gasteiger partial charge >= 0.3 is 23.9 Å². The van der Waals surface area contributed by atoms with E-state index in [4.69, 9.17) is 18.9 Å². The second-order valence-corrected chi connectivity index (χ2v) is 9.82. The number of carbonyl (C=O) groups is 5. The van der Waals surface area contributed by atoms with Gasteiger partial charge in [0.2, 0.25) is 0 Å². The standard InChI is InChI=1S/C31H34O13.4CH4/c1-17(2)30(39)43-15-21(32)13-41-27(36)11-19-5-7-25(34)23(9-19)29(38)24-10-20(6-8-26(24)35)12-28(37)42-14-22(33)16-44-31(40)18(3)4;;;;/h5-10,21-22,32-35H,1,3,11-16H2,2,4H3;4*1H4. The minimum absolute atomic E-state index is 0. The van der Waals surface area contributed by atoms with Crippen molar-refractivity contribution in [3.05, 3.63) is 83.0 Å². The Labute approximate surface area is 282 Å². The number of ketones is 1. The van der Waals surface area contributed by atoms with Crippen molar-refractivity contribution in [2.75, 3.05) is 26.4 Å². The molecule has 13 heteroatoms. The maximum atomic E-state index is 13.2. The summed E-state index contributed by atoms with van der Waals surface area (Å²) in [6.45, 7) is 7.94. The van der Waals surface area contributed by atoms with Crippen LogP contribution in [0, 0.1) is 0 Å². The van der Waals surface area contributed by atoms with Crippen molar-refractivity contribution in [1.29, 1.82) is 0 Å². The maximum Gasteiger partial charge on any atom is 0.333 e. The first kappa shape index (κ1) is 47.4. The molecule has 268 valence electrons. The van der Waals surface area contributed by atoms with Gasteiger partial charge in [-0.15, -0.1) is 0 Å². The average Bonchev–Trinajstić information content (AvgIpc) is 2.97. The van der Waals surface area contributed by atoms with Gasteiger partial charge in [-0.25, -0.2) is 9.59 Å². The number of phenols is 2. The fraction of sp³-hybridized carbons (Fsp3) is 0.400. The van der Waals surface area contributed by atoms with Crippen molar-refractivity contribution < 1.29 is 63.3 Å². The molecule has 4 N–H and O–H groups in total. The van der Waals surface area contributed by atoms with Gasteiger partial charge in [0, 0.05) is 11.1 Å². The molecule has 2 rings (SSSR count). The molecule has 0 spiro atoms. The van der Waals surface area contributed by atoms with Crippen LogP contribution in [0.4, 0.5) is 0 Å². The van der Waals surface area contributed by atoms with E-state index in [0.29, 0.717) is 0 Å². The van der Waals surface area contributed by atoms with Crippen LogP contribution in [0.15, 0.2) is 60.7 Å². The molecule has 48 heavy (non-hydrogen) atoms. The van der Waals surface area contributed by atoms with Crippen LogP contribution in [-0.2, 0) is 51.0 Å². The van der Waals surface area contributed by atoms with E-state index in [2.05, 4.69) is 13.2 Å². The lowest BCUT2D eigenvalue weighted by molar-refractivity contribution is -0.151. The summed E-state index contributed by atoms with van der Waals surface area (Å²) in [6.07, 6.45) is -3.23. The molecule has 2 unspecified atom stereocenters. The molecule has 0 aliphatic rings. The number of carbonyl (C=O) groups excluding carboxylic acids is 5. The largest absolute Gasteiger partial charge is 0.507 e. The first-order valence-corrected chi connectivity index (χ1v) is 13.2. The summed E-state index contributed by atoms with van der Waals surface area (Å²) in [5, 5.41) is 40.3. The van der Waals surface area contributed by atoms with Gasteiger partial charge in [-0.05, 0) is 49.2 Å². The highest BCUT2D eigenvalue weighted by molar-refractivity contribution is 6.12. The lowest BCUT2D eigenvalue weighted by Gasteiger charge is -2.13. The molecule has 0 radical (unpaired) electrons. The van der Waals surface area contributed by atoms with Crippen molar-refractivity contribution in [3.63, 3.8) is 0 Å². The molecule has 2 atom stereocenters. The van der Waals surface area contributed by atoms with E-state index in [1.165, 1.54) is 50.2 Å². The zero-order chi connectivity index (χ0) is 33.0. The molecule has 0 saturated carbocycles. The third kappa shape index (κ3) is 15.5. The molecule has 0 aromatic heterocycles. The summed E-state index contributed by atoms with van der Waals surface area (Å²) in [7, 11) is 0. The van der Waals surface area contributed by atoms with Crippen LogP contribution >= 0.6 is 0 Å². The van der Waals surface area contributed by atoms with Crippen molar-refractivity contribution in [2.45, 2.75) is 68.6 Å². The minimum atomic E-state index is -1.27. The Morgan fingerprint density at radius 1 is 0.604 bits per heavy atom. The highest BCUT2D eigenvalue weighted by Crippen LogP contribution is 2.27. The van der Waals surface area contributed by atoms with Crippen LogP contribution in [0.5, 0.6) is 11.5 Å². The highest BCUT2D eigenvalue weighted by atomic mass is 16.6. The number of aliphatic hydroxyl groups is 2. The van der Waals surface area contributed by atoms with E-state index in [1.807, 2.05) is 0 Å². The summed E-state index contributed by atoms with van der Waals surface area (Å²) in [6, 6.07) is 7.56. The Morgan fingerprint density at radius 2 is 0.917 bits per heavy atom. The number of benzene rings is 2. The number of hydrogen-bond acceptors (Lipinski definition) is 13. The molecule has 0 aliphatic carbocycles. The first-order valence-electron chi connectivity index (χ1n) is 13.2. The van der Waals surface area contributed by atoms with Crippen LogP contribution in [0.3, 0.4) is 0 Å². The third-order valence-electron chi connectivity index (χ3n) is 5.69. The van der Waals surface area contributed by atoms with Crippen molar-refractivity contribution >= 4 is 29.7 Å². The van der Waals surface area contributed by atoms with E-state index in [-0.39, 0.29) is 75.9 Å². The van der Waals surface area contributed by atoms with E-state index >= 15 is 0 Å². The first-order chi connectivity index (χ1) is 20.7. The lowest BCUT2D eigenvalue weighted by atomic mass is 9.96. The second kappa shape index (κ2) is 22.5. The smallest absolute Gasteiger partial charge is 0.333 e. The predicted molar refractivity (Wildman–Crippen MR) is 179 cm³/mol. The Morgan fingerprint density at radius 3 is 1.23 bits per heavy atom. The van der Waals surface area contributed by atoms with Gasteiger partial charge < -0.3 is 39.4 Å². The van der Waals surface area contributed by atoms with Gasteiger partial charge in [0.15, 0.2) is 5.78 Å². The average molecular weight is 679 g/mol. The molecule has 2 aromatic rings. The summed E-state index contributed by atoms with van der Waals surface area (Å²) in [5.41, 5.74) is 0.330. The Kier molecular flexibility index (Phi) is 22.2. The van der Waals surface area contributed by atoms with E-state index in [1.54, 1.807) is 0 Å². The van der Waals surface area contributed by atoms with Gasteiger partial charge in [0.1, 0.15) is 50.1 Å². The summed E-state index contributed by atoms with van der Waals surface area (Å²) < 4.78 is 19.5. The number of ether oxygens (including phenoxy) is 4. The van der Waals surface area contributed by atoms with E-state index < -0.39 is 79.8 Å². The molecule has 0 aliphatic heterocycles. The van der Waals surface area contributed by atoms with Gasteiger partial charge in [-0.3, -0.25) is 14.4 Å². The summed E-state index contributed by atoms with van der Waals surface area (Å²) in [4.78, 5) is 60.5. The van der Waals surface area contributed by atoms with Crippen LogP contribution in [-0.4, -0.2) is 88.7 Å². The third-order valence-corrected chi connectivity index (χ3v) is 5.69. The molecule has 0 heterocycles. The normalized spacial score (nSPS) is 10.9. The topological polar surface area (TPSA) is 203 Å². The molecule has 0 bridgehead atoms. The second-order valence-electron chi connectivity index (χ2n) is 9.82. The molecular formula is C35H50O13. The fourth-order valence-corrected chi connectivity index (χ4v) is 3.40. The lowest BCUT2D eigenvalue weighted by Crippen LogP contribution is -2.26. The number of phenolic OH excluding ortho intramolecular Hbond substituents is 2. The number of hydrogen-bond donors (Lipinski definition) is 4. The van der Waals surface area contributed by atoms with Crippen LogP contribution in [0.2, 0.25) is 0 Å². The summed E-state index contributed by atoms with van der Waals surface area (Å²) >= 11 is 0. The predicted octanol–water partition coefficient (Wildman–Crippen LogP) is 4.01. The summed E-state index contributed by atoms with van der Waals surface area (Å²) in [5.74, 6) is -4.65. The van der Waals surface area contributed by atoms with Crippen molar-refractivity contribution in [1.82, 2.24) is 0 Å². The van der Waals surface area contributed by atoms with Crippen LogP contribution in [0.25, 0.3) is 0 Å². The van der Waals surface area contributed by atoms with Crippen LogP contribution < -0.4 is 0 Å². The number of aliphatic hydroxyl groups excluding tert-OH is 2. The number of rotatable bonds is 16. The zero-order valence-corrected chi connectivity index (χ0v) is 24.2. The van der Waals surface area contributed by atoms with Gasteiger partial charge in [0.25, 0.3) is 0 Å². The molecule has 0 saturated heterocycles.